The summed E-state index contributed by atoms with van der Waals surface area (Å²) < 4.78 is 39.6. The Balaban J connectivity index is 2.43. The van der Waals surface area contributed by atoms with Crippen LogP contribution in [0.4, 0.5) is 13.2 Å². The number of carbonyl (C=O) groups is 5. The maximum atomic E-state index is 14.3. The van der Waals surface area contributed by atoms with Gasteiger partial charge in [0.1, 0.15) is 6.04 Å². The predicted octanol–water partition coefficient (Wildman–Crippen LogP) is 2.99. The van der Waals surface area contributed by atoms with E-state index in [9.17, 15) is 42.3 Å². The molecule has 6 atom stereocenters. The summed E-state index contributed by atoms with van der Waals surface area (Å²) in [6.45, 7) is 19.9. The van der Waals surface area contributed by atoms with E-state index in [1.165, 1.54) is 11.0 Å². The van der Waals surface area contributed by atoms with Crippen LogP contribution in [0.2, 0.25) is 0 Å². The van der Waals surface area contributed by atoms with Crippen molar-refractivity contribution in [3.63, 3.8) is 0 Å². The van der Waals surface area contributed by atoms with Crippen molar-refractivity contribution >= 4 is 29.3 Å². The fourth-order valence-electron chi connectivity index (χ4n) is 6.00. The zero-order valence-corrected chi connectivity index (χ0v) is 29.2. The van der Waals surface area contributed by atoms with E-state index in [0.717, 1.165) is 12.8 Å². The average Bonchev–Trinajstić information content (AvgIpc) is 3.74. The molecule has 0 radical (unpaired) electrons. The van der Waals surface area contributed by atoms with Crippen LogP contribution in [0.15, 0.2) is 25.3 Å². The molecule has 0 aromatic heterocycles. The lowest BCUT2D eigenvalue weighted by Gasteiger charge is -2.40. The second-order valence-corrected chi connectivity index (χ2v) is 14.9. The van der Waals surface area contributed by atoms with Crippen molar-refractivity contribution in [3.8, 4) is 0 Å². The summed E-state index contributed by atoms with van der Waals surface area (Å²) in [7, 11) is 0. The molecule has 14 heteroatoms. The van der Waals surface area contributed by atoms with Crippen molar-refractivity contribution in [2.45, 2.75) is 117 Å². The van der Waals surface area contributed by atoms with Crippen LogP contribution in [-0.4, -0.2) is 89.1 Å². The number of nitrogens with zero attached hydrogens (tertiary/aromatic N) is 1. The molecule has 0 aromatic carbocycles. The third-order valence-corrected chi connectivity index (χ3v) is 9.14. The smallest absolute Gasteiger partial charge is 0.365 e. The Kier molecular flexibility index (Phi) is 14.1. The van der Waals surface area contributed by atoms with Crippen molar-refractivity contribution in [1.82, 2.24) is 26.2 Å². The number of rotatable bonds is 18. The minimum absolute atomic E-state index is 0.0111. The standard InChI is InChI=1S/C34H54F3N5O6/c1-10-17-38-29(46)26(44)22(14-16-34(35,36)37)39-28(45)24-21(33(8,9)11-2)15-18-42(24)30(47)27(32(5,6)7)41-31(48)40-23(19(3)4)25(43)20-12-13-20/h10-11,19-24,27,31,40-41,48H,1-2,12-18H2,3-9H3,(H,38,46)(H,39,45)/t21-,22?,23-,24-,27+,31?/m0/s1. The number of carbonyl (C=O) groups excluding carboxylic acids is 5. The van der Waals surface area contributed by atoms with Crippen LogP contribution in [0.25, 0.3) is 0 Å². The molecule has 1 saturated carbocycles. The lowest BCUT2D eigenvalue weighted by Crippen LogP contribution is -2.63. The first-order chi connectivity index (χ1) is 22.0. The molecule has 0 spiro atoms. The number of hydrogen-bond donors (Lipinski definition) is 5. The largest absolute Gasteiger partial charge is 0.389 e. The number of halogens is 3. The van der Waals surface area contributed by atoms with Crippen molar-refractivity contribution in [2.75, 3.05) is 13.1 Å². The van der Waals surface area contributed by atoms with Gasteiger partial charge in [-0.15, -0.1) is 13.2 Å². The summed E-state index contributed by atoms with van der Waals surface area (Å²) >= 11 is 0. The molecule has 5 N–H and O–H groups in total. The highest BCUT2D eigenvalue weighted by atomic mass is 19.4. The Hall–Kier alpha value is -3.10. The van der Waals surface area contributed by atoms with Gasteiger partial charge in [-0.2, -0.15) is 13.2 Å². The molecule has 1 aliphatic carbocycles. The molecule has 2 fully saturated rings. The van der Waals surface area contributed by atoms with Gasteiger partial charge < -0.3 is 20.6 Å². The fraction of sp³-hybridized carbons (Fsp3) is 0.735. The SMILES string of the molecule is C=CCNC(=O)C(=O)C(CCC(F)(F)F)NC(=O)[C@@H]1[C@@H](C(C)(C)C=C)CCN1C(=O)[C@@H](NC(O)N[C@H](C(=O)C1CC1)C(C)C)C(C)(C)C. The minimum Gasteiger partial charge on any atom is -0.365 e. The van der Waals surface area contributed by atoms with E-state index in [1.54, 1.807) is 26.8 Å². The lowest BCUT2D eigenvalue weighted by atomic mass is 9.74. The summed E-state index contributed by atoms with van der Waals surface area (Å²) in [6.07, 6.45) is -3.63. The highest BCUT2D eigenvalue weighted by Gasteiger charge is 2.51. The summed E-state index contributed by atoms with van der Waals surface area (Å²) in [5, 5.41) is 21.5. The van der Waals surface area contributed by atoms with Gasteiger partial charge in [-0.3, -0.25) is 34.6 Å². The number of nitrogens with one attached hydrogen (secondary N) is 4. The normalized spacial score (nSPS) is 21.2. The van der Waals surface area contributed by atoms with Crippen LogP contribution in [0, 0.1) is 28.6 Å². The first-order valence-corrected chi connectivity index (χ1v) is 16.5. The van der Waals surface area contributed by atoms with Crippen molar-refractivity contribution in [3.05, 3.63) is 25.3 Å². The van der Waals surface area contributed by atoms with E-state index in [2.05, 4.69) is 34.4 Å². The van der Waals surface area contributed by atoms with Gasteiger partial charge in [0.25, 0.3) is 5.91 Å². The fourth-order valence-corrected chi connectivity index (χ4v) is 6.00. The van der Waals surface area contributed by atoms with Crippen molar-refractivity contribution < 1.29 is 42.3 Å². The third kappa shape index (κ3) is 11.2. The summed E-state index contributed by atoms with van der Waals surface area (Å²) in [4.78, 5) is 67.9. The summed E-state index contributed by atoms with van der Waals surface area (Å²) in [6, 6.07) is -4.81. The van der Waals surface area contributed by atoms with Gasteiger partial charge >= 0.3 is 6.18 Å². The molecule has 2 unspecified atom stereocenters. The van der Waals surface area contributed by atoms with Crippen LogP contribution < -0.4 is 21.3 Å². The molecule has 48 heavy (non-hydrogen) atoms. The molecular weight excluding hydrogens is 631 g/mol. The lowest BCUT2D eigenvalue weighted by molar-refractivity contribution is -0.148. The molecule has 11 nitrogen and oxygen atoms in total. The van der Waals surface area contributed by atoms with Crippen LogP contribution >= 0.6 is 0 Å². The van der Waals surface area contributed by atoms with Gasteiger partial charge in [-0.25, -0.2) is 0 Å². The quantitative estimate of drug-likeness (QED) is 0.0838. The molecule has 2 aliphatic rings. The van der Waals surface area contributed by atoms with E-state index in [-0.39, 0.29) is 30.7 Å². The highest BCUT2D eigenvalue weighted by Crippen LogP contribution is 2.41. The number of allylic oxidation sites excluding steroid dienone is 1. The van der Waals surface area contributed by atoms with Crippen molar-refractivity contribution in [2.24, 2.45) is 28.6 Å². The first-order valence-electron chi connectivity index (χ1n) is 16.5. The zero-order chi connectivity index (χ0) is 36.8. The Morgan fingerprint density at radius 1 is 0.979 bits per heavy atom. The number of aliphatic hydroxyl groups is 1. The number of ketones is 2. The number of Topliss-reactive ketones (excluding diaryl/α,β-unsaturated/α-hetero) is 2. The van der Waals surface area contributed by atoms with Gasteiger partial charge in [0.05, 0.1) is 18.1 Å². The van der Waals surface area contributed by atoms with E-state index < -0.39 is 89.8 Å². The van der Waals surface area contributed by atoms with E-state index in [1.807, 2.05) is 27.7 Å². The molecule has 1 heterocycles. The zero-order valence-electron chi connectivity index (χ0n) is 29.2. The molecule has 3 amide bonds. The molecule has 1 aliphatic heterocycles. The van der Waals surface area contributed by atoms with Crippen molar-refractivity contribution in [1.29, 1.82) is 0 Å². The Morgan fingerprint density at radius 2 is 1.58 bits per heavy atom. The van der Waals surface area contributed by atoms with Gasteiger partial charge in [-0.1, -0.05) is 60.6 Å². The first kappa shape index (κ1) is 41.1. The predicted molar refractivity (Wildman–Crippen MR) is 175 cm³/mol. The maximum absolute atomic E-state index is 14.3. The second-order valence-electron chi connectivity index (χ2n) is 14.9. The number of amides is 3. The third-order valence-electron chi connectivity index (χ3n) is 9.14. The molecule has 1 saturated heterocycles. The molecule has 272 valence electrons. The molecular formula is C34H54F3N5O6. The van der Waals surface area contributed by atoms with Gasteiger partial charge in [0.2, 0.25) is 17.6 Å². The van der Waals surface area contributed by atoms with E-state index in [4.69, 9.17) is 0 Å². The van der Waals surface area contributed by atoms with Gasteiger partial charge in [0, 0.05) is 25.4 Å². The minimum atomic E-state index is -4.66. The highest BCUT2D eigenvalue weighted by molar-refractivity contribution is 6.38. The van der Waals surface area contributed by atoms with Gasteiger partial charge in [-0.05, 0) is 48.3 Å². The monoisotopic (exact) mass is 685 g/mol. The molecule has 0 aromatic rings. The Labute approximate surface area is 281 Å². The number of alkyl halides is 3. The summed E-state index contributed by atoms with van der Waals surface area (Å²) in [5.41, 5.74) is -1.56. The number of likely N-dealkylation sites (tertiary alicyclic amines) is 1. The van der Waals surface area contributed by atoms with Crippen LogP contribution in [-0.2, 0) is 24.0 Å². The van der Waals surface area contributed by atoms with Crippen LogP contribution in [0.5, 0.6) is 0 Å². The number of aliphatic hydroxyl groups excluding tert-OH is 1. The van der Waals surface area contributed by atoms with Crippen LogP contribution in [0.1, 0.15) is 80.6 Å². The maximum Gasteiger partial charge on any atom is 0.389 e. The van der Waals surface area contributed by atoms with Crippen LogP contribution in [0.3, 0.4) is 0 Å². The van der Waals surface area contributed by atoms with Gasteiger partial charge in [0.15, 0.2) is 12.1 Å². The average molecular weight is 686 g/mol. The van der Waals surface area contributed by atoms with E-state index in [0.29, 0.717) is 6.42 Å². The number of hydrogen-bond acceptors (Lipinski definition) is 8. The molecule has 2 rings (SSSR count). The Bertz CT molecular complexity index is 1210. The van der Waals surface area contributed by atoms with E-state index >= 15 is 0 Å². The second kappa shape index (κ2) is 16.5. The molecule has 0 bridgehead atoms. The Morgan fingerprint density at radius 3 is 2.06 bits per heavy atom. The topological polar surface area (TPSA) is 157 Å². The summed E-state index contributed by atoms with van der Waals surface area (Å²) in [5.74, 6) is -4.66.